The molecule has 0 amide bonds. The molecular weight excluding hydrogens is 220 g/mol. The quantitative estimate of drug-likeness (QED) is 0.768. The number of nitrogens with zero attached hydrogens (tertiary/aromatic N) is 2. The van der Waals surface area contributed by atoms with E-state index in [-0.39, 0.29) is 10.4 Å². The molecule has 0 aliphatic heterocycles. The summed E-state index contributed by atoms with van der Waals surface area (Å²) in [4.78, 5) is 8.58. The maximum Gasteiger partial charge on any atom is 0.144 e. The van der Waals surface area contributed by atoms with Gasteiger partial charge in [0.2, 0.25) is 0 Å². The second-order valence-electron chi connectivity index (χ2n) is 4.52. The largest absolute Gasteiger partial charge is 0.388 e. The van der Waals surface area contributed by atoms with Crippen molar-refractivity contribution in [3.05, 3.63) is 18.1 Å². The van der Waals surface area contributed by atoms with Crippen molar-refractivity contribution >= 4 is 23.0 Å². The van der Waals surface area contributed by atoms with Crippen molar-refractivity contribution in [2.24, 2.45) is 11.1 Å². The molecule has 0 aliphatic rings. The SMILES string of the molecule is CCC(C)(C)CNc1cnc(C(N)=S)cn1. The maximum atomic E-state index is 5.44. The van der Waals surface area contributed by atoms with Crippen molar-refractivity contribution in [1.29, 1.82) is 0 Å². The third-order valence-electron chi connectivity index (χ3n) is 2.61. The van der Waals surface area contributed by atoms with Gasteiger partial charge in [-0.2, -0.15) is 0 Å². The first-order chi connectivity index (χ1) is 7.44. The highest BCUT2D eigenvalue weighted by atomic mass is 32.1. The van der Waals surface area contributed by atoms with Gasteiger partial charge in [0.1, 0.15) is 16.5 Å². The summed E-state index contributed by atoms with van der Waals surface area (Å²) in [5.41, 5.74) is 6.24. The first-order valence-corrected chi connectivity index (χ1v) is 5.71. The first kappa shape index (κ1) is 12.8. The van der Waals surface area contributed by atoms with E-state index in [9.17, 15) is 0 Å². The minimum absolute atomic E-state index is 0.253. The highest BCUT2D eigenvalue weighted by Crippen LogP contribution is 2.19. The number of aromatic nitrogens is 2. The fourth-order valence-electron chi connectivity index (χ4n) is 1.00. The number of anilines is 1. The normalized spacial score (nSPS) is 11.2. The molecule has 3 N–H and O–H groups in total. The van der Waals surface area contributed by atoms with Crippen LogP contribution in [0.3, 0.4) is 0 Å². The number of hydrogen-bond donors (Lipinski definition) is 2. The summed E-state index contributed by atoms with van der Waals surface area (Å²) < 4.78 is 0. The molecule has 0 spiro atoms. The van der Waals surface area contributed by atoms with Crippen LogP contribution in [0.1, 0.15) is 32.9 Å². The van der Waals surface area contributed by atoms with Crippen LogP contribution in [0.4, 0.5) is 5.82 Å². The number of rotatable bonds is 5. The lowest BCUT2D eigenvalue weighted by Crippen LogP contribution is -2.22. The fraction of sp³-hybridized carbons (Fsp3) is 0.545. The predicted molar refractivity (Wildman–Crippen MR) is 70.5 cm³/mol. The van der Waals surface area contributed by atoms with Crippen molar-refractivity contribution in [2.75, 3.05) is 11.9 Å². The minimum atomic E-state index is 0.253. The highest BCUT2D eigenvalue weighted by Gasteiger charge is 2.14. The average molecular weight is 238 g/mol. The van der Waals surface area contributed by atoms with Gasteiger partial charge in [-0.05, 0) is 11.8 Å². The van der Waals surface area contributed by atoms with E-state index in [0.29, 0.717) is 5.69 Å². The molecule has 0 fully saturated rings. The zero-order valence-electron chi connectivity index (χ0n) is 9.95. The Labute approximate surface area is 102 Å². The Morgan fingerprint density at radius 3 is 2.56 bits per heavy atom. The number of nitrogens with two attached hydrogens (primary N) is 1. The van der Waals surface area contributed by atoms with Crippen LogP contribution in [-0.4, -0.2) is 21.5 Å². The predicted octanol–water partition coefficient (Wildman–Crippen LogP) is 1.96. The molecule has 4 nitrogen and oxygen atoms in total. The molecule has 0 atom stereocenters. The van der Waals surface area contributed by atoms with Crippen LogP contribution in [0.25, 0.3) is 0 Å². The molecule has 0 radical (unpaired) electrons. The molecule has 0 unspecified atom stereocenters. The van der Waals surface area contributed by atoms with Gasteiger partial charge in [0.05, 0.1) is 12.4 Å². The smallest absolute Gasteiger partial charge is 0.144 e. The second-order valence-corrected chi connectivity index (χ2v) is 4.96. The van der Waals surface area contributed by atoms with Crippen molar-refractivity contribution in [1.82, 2.24) is 9.97 Å². The van der Waals surface area contributed by atoms with Crippen LogP contribution < -0.4 is 11.1 Å². The third kappa shape index (κ3) is 3.73. The van der Waals surface area contributed by atoms with Crippen LogP contribution in [0.2, 0.25) is 0 Å². The van der Waals surface area contributed by atoms with E-state index < -0.39 is 0 Å². The van der Waals surface area contributed by atoms with Gasteiger partial charge in [0.15, 0.2) is 0 Å². The summed E-state index contributed by atoms with van der Waals surface area (Å²) in [6.45, 7) is 7.45. The summed E-state index contributed by atoms with van der Waals surface area (Å²) in [5, 5.41) is 3.24. The first-order valence-electron chi connectivity index (χ1n) is 5.30. The Kier molecular flexibility index (Phi) is 4.18. The topological polar surface area (TPSA) is 63.8 Å². The standard InChI is InChI=1S/C11H18N4S/c1-4-11(2,3)7-15-9-6-13-8(5-14-9)10(12)16/h5-6H,4,7H2,1-3H3,(H2,12,16)(H,14,15). The molecule has 0 saturated carbocycles. The van der Waals surface area contributed by atoms with Crippen molar-refractivity contribution in [3.63, 3.8) is 0 Å². The molecule has 1 heterocycles. The van der Waals surface area contributed by atoms with Crippen LogP contribution in [0.15, 0.2) is 12.4 Å². The Hall–Kier alpha value is -1.23. The zero-order valence-corrected chi connectivity index (χ0v) is 10.8. The second kappa shape index (κ2) is 5.21. The number of nitrogens with one attached hydrogen (secondary N) is 1. The molecule has 1 aromatic rings. The van der Waals surface area contributed by atoms with Gasteiger partial charge in [-0.1, -0.05) is 33.0 Å². The molecule has 5 heteroatoms. The van der Waals surface area contributed by atoms with E-state index in [2.05, 4.69) is 36.1 Å². The fourth-order valence-corrected chi connectivity index (χ4v) is 1.11. The summed E-state index contributed by atoms with van der Waals surface area (Å²) >= 11 is 4.80. The van der Waals surface area contributed by atoms with E-state index in [1.165, 1.54) is 0 Å². The van der Waals surface area contributed by atoms with Gasteiger partial charge in [-0.25, -0.2) is 9.97 Å². The van der Waals surface area contributed by atoms with Crippen molar-refractivity contribution in [2.45, 2.75) is 27.2 Å². The third-order valence-corrected chi connectivity index (χ3v) is 2.82. The Morgan fingerprint density at radius 1 is 1.44 bits per heavy atom. The molecular formula is C11H18N4S. The van der Waals surface area contributed by atoms with E-state index in [1.807, 2.05) is 0 Å². The van der Waals surface area contributed by atoms with Crippen molar-refractivity contribution < 1.29 is 0 Å². The Morgan fingerprint density at radius 2 is 2.12 bits per heavy atom. The molecule has 0 bridgehead atoms. The highest BCUT2D eigenvalue weighted by molar-refractivity contribution is 7.80. The van der Waals surface area contributed by atoms with Crippen LogP contribution in [-0.2, 0) is 0 Å². The van der Waals surface area contributed by atoms with E-state index in [4.69, 9.17) is 18.0 Å². The summed E-state index contributed by atoms with van der Waals surface area (Å²) in [6, 6.07) is 0. The van der Waals surface area contributed by atoms with Crippen LogP contribution in [0, 0.1) is 5.41 Å². The van der Waals surface area contributed by atoms with Crippen LogP contribution >= 0.6 is 12.2 Å². The average Bonchev–Trinajstić information content (AvgIpc) is 2.27. The Balaban J connectivity index is 2.59. The lowest BCUT2D eigenvalue weighted by Gasteiger charge is -2.22. The van der Waals surface area contributed by atoms with Gasteiger partial charge in [0, 0.05) is 6.54 Å². The van der Waals surface area contributed by atoms with Crippen molar-refractivity contribution in [3.8, 4) is 0 Å². The monoisotopic (exact) mass is 238 g/mol. The molecule has 0 aliphatic carbocycles. The van der Waals surface area contributed by atoms with Gasteiger partial charge in [0.25, 0.3) is 0 Å². The molecule has 0 aromatic carbocycles. The number of thiocarbonyl (C=S) groups is 1. The lowest BCUT2D eigenvalue weighted by molar-refractivity contribution is 0.376. The van der Waals surface area contributed by atoms with Gasteiger partial charge < -0.3 is 11.1 Å². The van der Waals surface area contributed by atoms with E-state index >= 15 is 0 Å². The summed E-state index contributed by atoms with van der Waals surface area (Å²) in [7, 11) is 0. The van der Waals surface area contributed by atoms with Gasteiger partial charge >= 0.3 is 0 Å². The zero-order chi connectivity index (χ0) is 12.2. The maximum absolute atomic E-state index is 5.44. The molecule has 1 rings (SSSR count). The molecule has 1 aromatic heterocycles. The number of hydrogen-bond acceptors (Lipinski definition) is 4. The van der Waals surface area contributed by atoms with Gasteiger partial charge in [-0.3, -0.25) is 0 Å². The Bertz CT molecular complexity index is 359. The minimum Gasteiger partial charge on any atom is -0.388 e. The molecule has 16 heavy (non-hydrogen) atoms. The lowest BCUT2D eigenvalue weighted by atomic mass is 9.90. The molecule has 0 saturated heterocycles. The van der Waals surface area contributed by atoms with E-state index in [0.717, 1.165) is 18.8 Å². The summed E-state index contributed by atoms with van der Waals surface area (Å²) in [5.74, 6) is 0.751. The van der Waals surface area contributed by atoms with E-state index in [1.54, 1.807) is 12.4 Å². The van der Waals surface area contributed by atoms with Gasteiger partial charge in [-0.15, -0.1) is 0 Å². The summed E-state index contributed by atoms with van der Waals surface area (Å²) in [6.07, 6.45) is 4.35. The molecule has 88 valence electrons. The van der Waals surface area contributed by atoms with Crippen LogP contribution in [0.5, 0.6) is 0 Å².